The minimum Gasteiger partial charge on any atom is -0.353 e. The third-order valence-electron chi connectivity index (χ3n) is 2.85. The van der Waals surface area contributed by atoms with Crippen molar-refractivity contribution in [2.75, 3.05) is 26.4 Å². The highest BCUT2D eigenvalue weighted by molar-refractivity contribution is 4.73. The molecule has 0 N–H and O–H groups in total. The van der Waals surface area contributed by atoms with Crippen molar-refractivity contribution in [3.8, 4) is 0 Å². The van der Waals surface area contributed by atoms with Gasteiger partial charge in [0, 0.05) is 11.8 Å². The molecule has 2 saturated heterocycles. The summed E-state index contributed by atoms with van der Waals surface area (Å²) in [4.78, 5) is 0. The lowest BCUT2D eigenvalue weighted by Crippen LogP contribution is -2.41. The molecule has 0 radical (unpaired) electrons. The fourth-order valence-electron chi connectivity index (χ4n) is 1.77. The molecule has 2 aliphatic heterocycles. The Kier molecular flexibility index (Phi) is 3.38. The summed E-state index contributed by atoms with van der Waals surface area (Å²) >= 11 is 0. The molecule has 0 aromatic carbocycles. The van der Waals surface area contributed by atoms with Crippen molar-refractivity contribution >= 4 is 0 Å². The predicted molar refractivity (Wildman–Crippen MR) is 49.7 cm³/mol. The minimum absolute atomic E-state index is 0.0596. The number of ether oxygens (including phenoxy) is 4. The fraction of sp³-hybridized carbons (Fsp3) is 1.00. The lowest BCUT2D eigenvalue weighted by atomic mass is 9.94. The highest BCUT2D eigenvalue weighted by Crippen LogP contribution is 2.23. The van der Waals surface area contributed by atoms with Gasteiger partial charge in [-0.1, -0.05) is 0 Å². The highest BCUT2D eigenvalue weighted by Gasteiger charge is 2.30. The molecule has 2 heterocycles. The molecule has 0 spiro atoms. The topological polar surface area (TPSA) is 36.9 Å². The number of hydrogen-bond donors (Lipinski definition) is 0. The van der Waals surface area contributed by atoms with Gasteiger partial charge in [-0.15, -0.1) is 0 Å². The first-order valence-electron chi connectivity index (χ1n) is 5.22. The van der Waals surface area contributed by atoms with Crippen LogP contribution in [0.2, 0.25) is 0 Å². The molecule has 0 bridgehead atoms. The van der Waals surface area contributed by atoms with Crippen molar-refractivity contribution in [2.24, 2.45) is 11.8 Å². The van der Waals surface area contributed by atoms with Gasteiger partial charge in [0.15, 0.2) is 12.6 Å². The number of hydrogen-bond acceptors (Lipinski definition) is 4. The second kappa shape index (κ2) is 4.57. The molecule has 0 amide bonds. The minimum atomic E-state index is -0.0596. The molecule has 0 aromatic rings. The normalized spacial score (nSPS) is 45.0. The Balaban J connectivity index is 1.78. The first-order chi connectivity index (χ1) is 6.75. The predicted octanol–water partition coefficient (Wildman–Crippen LogP) is 1.00. The van der Waals surface area contributed by atoms with Gasteiger partial charge in [0.2, 0.25) is 0 Å². The van der Waals surface area contributed by atoms with Gasteiger partial charge in [-0.3, -0.25) is 0 Å². The van der Waals surface area contributed by atoms with Crippen LogP contribution in [-0.2, 0) is 18.9 Å². The Labute approximate surface area is 84.5 Å². The molecule has 0 atom stereocenters. The van der Waals surface area contributed by atoms with E-state index in [1.54, 1.807) is 0 Å². The van der Waals surface area contributed by atoms with E-state index in [4.69, 9.17) is 18.9 Å². The van der Waals surface area contributed by atoms with E-state index in [1.165, 1.54) is 0 Å². The van der Waals surface area contributed by atoms with Crippen LogP contribution in [0.4, 0.5) is 0 Å². The summed E-state index contributed by atoms with van der Waals surface area (Å²) in [5.41, 5.74) is 0. The quantitative estimate of drug-likeness (QED) is 0.635. The van der Waals surface area contributed by atoms with Crippen molar-refractivity contribution in [2.45, 2.75) is 26.4 Å². The Morgan fingerprint density at radius 3 is 1.21 bits per heavy atom. The van der Waals surface area contributed by atoms with Crippen LogP contribution in [0, 0.1) is 11.8 Å². The zero-order chi connectivity index (χ0) is 9.97. The average molecular weight is 202 g/mol. The molecule has 2 aliphatic rings. The summed E-state index contributed by atoms with van der Waals surface area (Å²) in [6, 6.07) is 0. The van der Waals surface area contributed by atoms with Crippen LogP contribution in [-0.4, -0.2) is 39.0 Å². The van der Waals surface area contributed by atoms with Crippen LogP contribution >= 0.6 is 0 Å². The van der Waals surface area contributed by atoms with Gasteiger partial charge >= 0.3 is 0 Å². The second-order valence-corrected chi connectivity index (χ2v) is 3.99. The average Bonchev–Trinajstić information content (AvgIpc) is 2.21. The van der Waals surface area contributed by atoms with E-state index in [-0.39, 0.29) is 12.6 Å². The first kappa shape index (κ1) is 10.4. The SMILES string of the molecule is CC1OCC(C2COC(C)OC2)CO1. The van der Waals surface area contributed by atoms with E-state index in [1.807, 2.05) is 13.8 Å². The third kappa shape index (κ3) is 2.45. The van der Waals surface area contributed by atoms with Gasteiger partial charge in [-0.25, -0.2) is 0 Å². The smallest absolute Gasteiger partial charge is 0.154 e. The maximum Gasteiger partial charge on any atom is 0.154 e. The third-order valence-corrected chi connectivity index (χ3v) is 2.85. The molecular formula is C10H18O4. The maximum atomic E-state index is 5.44. The lowest BCUT2D eigenvalue weighted by Gasteiger charge is -2.36. The zero-order valence-electron chi connectivity index (χ0n) is 8.77. The summed E-state index contributed by atoms with van der Waals surface area (Å²) in [6.07, 6.45) is -0.119. The summed E-state index contributed by atoms with van der Waals surface area (Å²) in [5, 5.41) is 0. The monoisotopic (exact) mass is 202 g/mol. The maximum absolute atomic E-state index is 5.44. The summed E-state index contributed by atoms with van der Waals surface area (Å²) in [6.45, 7) is 6.87. The van der Waals surface area contributed by atoms with E-state index >= 15 is 0 Å². The highest BCUT2D eigenvalue weighted by atomic mass is 16.7. The zero-order valence-corrected chi connectivity index (χ0v) is 8.77. The molecule has 2 fully saturated rings. The van der Waals surface area contributed by atoms with Crippen LogP contribution in [0.15, 0.2) is 0 Å². The van der Waals surface area contributed by atoms with Gasteiger partial charge in [-0.05, 0) is 13.8 Å². The first-order valence-corrected chi connectivity index (χ1v) is 5.22. The summed E-state index contributed by atoms with van der Waals surface area (Å²) in [5.74, 6) is 0.831. The second-order valence-electron chi connectivity index (χ2n) is 3.99. The number of rotatable bonds is 1. The van der Waals surface area contributed by atoms with Crippen LogP contribution in [0.5, 0.6) is 0 Å². The van der Waals surface area contributed by atoms with E-state index < -0.39 is 0 Å². The fourth-order valence-corrected chi connectivity index (χ4v) is 1.77. The molecule has 0 unspecified atom stereocenters. The molecule has 2 rings (SSSR count). The Hall–Kier alpha value is -0.160. The van der Waals surface area contributed by atoms with Crippen molar-refractivity contribution in [1.29, 1.82) is 0 Å². The van der Waals surface area contributed by atoms with E-state index in [2.05, 4.69) is 0 Å². The van der Waals surface area contributed by atoms with Crippen molar-refractivity contribution in [1.82, 2.24) is 0 Å². The van der Waals surface area contributed by atoms with Gasteiger partial charge in [-0.2, -0.15) is 0 Å². The van der Waals surface area contributed by atoms with Crippen LogP contribution < -0.4 is 0 Å². The van der Waals surface area contributed by atoms with Gasteiger partial charge in [0.1, 0.15) is 0 Å². The molecule has 14 heavy (non-hydrogen) atoms. The summed E-state index contributed by atoms with van der Waals surface area (Å²) in [7, 11) is 0. The molecule has 0 saturated carbocycles. The molecule has 82 valence electrons. The van der Waals surface area contributed by atoms with Crippen LogP contribution in [0.1, 0.15) is 13.8 Å². The molecule has 4 heteroatoms. The Morgan fingerprint density at radius 1 is 0.643 bits per heavy atom. The van der Waals surface area contributed by atoms with Crippen LogP contribution in [0.3, 0.4) is 0 Å². The van der Waals surface area contributed by atoms with Crippen molar-refractivity contribution < 1.29 is 18.9 Å². The van der Waals surface area contributed by atoms with Crippen molar-refractivity contribution in [3.05, 3.63) is 0 Å². The van der Waals surface area contributed by atoms with Gasteiger partial charge in [0.05, 0.1) is 26.4 Å². The molecule has 0 aromatic heterocycles. The van der Waals surface area contributed by atoms with E-state index in [0.29, 0.717) is 11.8 Å². The standard InChI is InChI=1S/C10H18O4/c1-7-11-3-9(4-12-7)10-5-13-8(2)14-6-10/h7-10H,3-6H2,1-2H3. The molecular weight excluding hydrogens is 184 g/mol. The largest absolute Gasteiger partial charge is 0.353 e. The van der Waals surface area contributed by atoms with Gasteiger partial charge in [0.25, 0.3) is 0 Å². The van der Waals surface area contributed by atoms with Gasteiger partial charge < -0.3 is 18.9 Å². The lowest BCUT2D eigenvalue weighted by molar-refractivity contribution is -0.238. The molecule has 0 aliphatic carbocycles. The Bertz CT molecular complexity index is 149. The Morgan fingerprint density at radius 2 is 0.929 bits per heavy atom. The van der Waals surface area contributed by atoms with E-state index in [0.717, 1.165) is 26.4 Å². The van der Waals surface area contributed by atoms with E-state index in [9.17, 15) is 0 Å². The van der Waals surface area contributed by atoms with Crippen LogP contribution in [0.25, 0.3) is 0 Å². The molecule has 4 nitrogen and oxygen atoms in total. The summed E-state index contributed by atoms with van der Waals surface area (Å²) < 4.78 is 21.7. The van der Waals surface area contributed by atoms with Crippen molar-refractivity contribution in [3.63, 3.8) is 0 Å².